The van der Waals surface area contributed by atoms with Crippen LogP contribution in [0.1, 0.15) is 34.6 Å². The molecule has 1 aliphatic rings. The Kier molecular flexibility index (Phi) is 9.31. The molecule has 38 heavy (non-hydrogen) atoms. The van der Waals surface area contributed by atoms with E-state index in [4.69, 9.17) is 22.3 Å². The Balaban J connectivity index is 2.06. The van der Waals surface area contributed by atoms with Crippen LogP contribution in [0.3, 0.4) is 0 Å². The summed E-state index contributed by atoms with van der Waals surface area (Å²) in [6.07, 6.45) is -1.17. The molecule has 9 nitrogen and oxygen atoms in total. The van der Waals surface area contributed by atoms with Crippen LogP contribution in [0.4, 0.5) is 0 Å². The van der Waals surface area contributed by atoms with E-state index in [1.807, 2.05) is 60.7 Å². The van der Waals surface area contributed by atoms with Crippen LogP contribution in [0.5, 0.6) is 0 Å². The van der Waals surface area contributed by atoms with Crippen LogP contribution in [0.25, 0.3) is 0 Å². The number of rotatable bonds is 11. The third-order valence-electron chi connectivity index (χ3n) is 6.21. The summed E-state index contributed by atoms with van der Waals surface area (Å²) in [6, 6.07) is 19.8. The van der Waals surface area contributed by atoms with E-state index in [9.17, 15) is 16.8 Å². The minimum atomic E-state index is -3.96. The second-order valence-corrected chi connectivity index (χ2v) is 18.5. The van der Waals surface area contributed by atoms with Gasteiger partial charge in [-0.05, 0) is 29.3 Å². The molecule has 1 heterocycles. The molecular formula is C26H38O9S2Si. The van der Waals surface area contributed by atoms with Crippen molar-refractivity contribution in [3.05, 3.63) is 60.7 Å². The molecule has 0 radical (unpaired) electrons. The molecule has 2 aromatic rings. The summed E-state index contributed by atoms with van der Waals surface area (Å²) < 4.78 is 77.4. The maximum atomic E-state index is 12.4. The van der Waals surface area contributed by atoms with Gasteiger partial charge in [-0.25, -0.2) is 0 Å². The van der Waals surface area contributed by atoms with Crippen molar-refractivity contribution in [2.24, 2.45) is 0 Å². The zero-order valence-electron chi connectivity index (χ0n) is 22.9. The molecule has 0 saturated carbocycles. The van der Waals surface area contributed by atoms with Gasteiger partial charge in [0.1, 0.15) is 18.3 Å². The summed E-state index contributed by atoms with van der Waals surface area (Å²) in [4.78, 5) is 0. The highest BCUT2D eigenvalue weighted by Crippen LogP contribution is 2.38. The fraction of sp³-hybridized carbons (Fsp3) is 0.538. The first kappa shape index (κ1) is 30.9. The molecule has 1 saturated heterocycles. The van der Waals surface area contributed by atoms with Crippen LogP contribution in [0.2, 0.25) is 5.04 Å². The van der Waals surface area contributed by atoms with E-state index in [1.165, 1.54) is 0 Å². The molecule has 0 bridgehead atoms. The lowest BCUT2D eigenvalue weighted by Gasteiger charge is -2.44. The van der Waals surface area contributed by atoms with Crippen LogP contribution in [-0.2, 0) is 42.5 Å². The van der Waals surface area contributed by atoms with Crippen molar-refractivity contribution in [2.45, 2.75) is 63.8 Å². The van der Waals surface area contributed by atoms with E-state index in [0.29, 0.717) is 0 Å². The molecule has 12 heteroatoms. The first-order valence-electron chi connectivity index (χ1n) is 12.3. The van der Waals surface area contributed by atoms with Gasteiger partial charge in [0.2, 0.25) is 0 Å². The fourth-order valence-corrected chi connectivity index (χ4v) is 10.4. The van der Waals surface area contributed by atoms with Gasteiger partial charge in [0, 0.05) is 0 Å². The van der Waals surface area contributed by atoms with E-state index < -0.39 is 52.7 Å². The molecule has 1 aliphatic heterocycles. The Morgan fingerprint density at radius 2 is 1.37 bits per heavy atom. The van der Waals surface area contributed by atoms with Crippen LogP contribution in [0, 0.1) is 0 Å². The number of hydrogen-bond acceptors (Lipinski definition) is 9. The number of benzene rings is 2. The molecule has 0 amide bonds. The summed E-state index contributed by atoms with van der Waals surface area (Å²) in [7, 11) is -10.8. The maximum absolute atomic E-state index is 12.4. The van der Waals surface area contributed by atoms with Crippen LogP contribution < -0.4 is 10.4 Å². The molecular weight excluding hydrogens is 548 g/mol. The molecule has 3 unspecified atom stereocenters. The van der Waals surface area contributed by atoms with Gasteiger partial charge >= 0.3 is 0 Å². The molecule has 1 fully saturated rings. The molecule has 0 spiro atoms. The van der Waals surface area contributed by atoms with Crippen molar-refractivity contribution >= 4 is 38.9 Å². The zero-order chi connectivity index (χ0) is 28.4. The minimum Gasteiger partial charge on any atom is -0.405 e. The lowest BCUT2D eigenvalue weighted by atomic mass is 10.1. The fourth-order valence-electron chi connectivity index (χ4n) is 4.87. The minimum absolute atomic E-state index is 0.153. The zero-order valence-corrected chi connectivity index (χ0v) is 25.5. The van der Waals surface area contributed by atoms with Gasteiger partial charge in [-0.1, -0.05) is 81.4 Å². The van der Waals surface area contributed by atoms with E-state index >= 15 is 0 Å². The van der Waals surface area contributed by atoms with Gasteiger partial charge in [-0.3, -0.25) is 8.37 Å². The molecule has 2 aromatic carbocycles. The van der Waals surface area contributed by atoms with E-state index in [-0.39, 0.29) is 18.3 Å². The van der Waals surface area contributed by atoms with Gasteiger partial charge in [0.15, 0.2) is 5.79 Å². The van der Waals surface area contributed by atoms with E-state index in [2.05, 4.69) is 20.8 Å². The highest BCUT2D eigenvalue weighted by atomic mass is 32.2. The normalized spacial score (nSPS) is 21.3. The average molecular weight is 587 g/mol. The molecule has 3 rings (SSSR count). The second-order valence-electron chi connectivity index (χ2n) is 10.9. The Labute approximate surface area is 227 Å². The second kappa shape index (κ2) is 11.5. The topological polar surface area (TPSA) is 114 Å². The lowest BCUT2D eigenvalue weighted by Crippen LogP contribution is -2.67. The van der Waals surface area contributed by atoms with E-state index in [1.54, 1.807) is 13.8 Å². The van der Waals surface area contributed by atoms with Crippen LogP contribution >= 0.6 is 0 Å². The summed E-state index contributed by atoms with van der Waals surface area (Å²) in [6.45, 7) is 9.10. The third kappa shape index (κ3) is 7.72. The first-order valence-corrected chi connectivity index (χ1v) is 17.8. The Morgan fingerprint density at radius 3 is 1.79 bits per heavy atom. The molecule has 3 atom stereocenters. The smallest absolute Gasteiger partial charge is 0.264 e. The number of hydrogen-bond donors (Lipinski definition) is 0. The van der Waals surface area contributed by atoms with Crippen molar-refractivity contribution in [1.82, 2.24) is 0 Å². The Bertz CT molecular complexity index is 1240. The van der Waals surface area contributed by atoms with Gasteiger partial charge in [-0.2, -0.15) is 16.8 Å². The Hall–Kier alpha value is -1.64. The van der Waals surface area contributed by atoms with Crippen molar-refractivity contribution in [2.75, 3.05) is 25.7 Å². The predicted octanol–water partition coefficient (Wildman–Crippen LogP) is 2.40. The van der Waals surface area contributed by atoms with Crippen LogP contribution in [-0.4, -0.2) is 75.0 Å². The van der Waals surface area contributed by atoms with Crippen molar-refractivity contribution < 1.29 is 39.1 Å². The van der Waals surface area contributed by atoms with Crippen molar-refractivity contribution in [1.29, 1.82) is 0 Å². The summed E-state index contributed by atoms with van der Waals surface area (Å²) >= 11 is 0. The molecule has 0 N–H and O–H groups in total. The standard InChI is InChI=1S/C26H38O9S2Si/c1-25(2,3)38(20-14-10-8-11-15-20,21-16-12-9-13-17-21)32-19-23(35-37(7,29)30)24-22(18-31-36(6,27)28)33-26(4,5)34-24/h8-17,22-24H,18-19H2,1-7H3. The first-order chi connectivity index (χ1) is 17.4. The number of ether oxygens (including phenoxy) is 2. The van der Waals surface area contributed by atoms with Gasteiger partial charge in [0.25, 0.3) is 28.6 Å². The maximum Gasteiger partial charge on any atom is 0.264 e. The monoisotopic (exact) mass is 586 g/mol. The van der Waals surface area contributed by atoms with E-state index in [0.717, 1.165) is 22.9 Å². The SMILES string of the molecule is CC1(C)OC(COS(C)(=O)=O)C(C(CO[Si](c2ccccc2)(c2ccccc2)C(C)(C)C)OS(C)(=O)=O)O1. The molecule has 212 valence electrons. The largest absolute Gasteiger partial charge is 0.405 e. The van der Waals surface area contributed by atoms with Gasteiger partial charge < -0.3 is 13.9 Å². The van der Waals surface area contributed by atoms with Crippen molar-refractivity contribution in [3.8, 4) is 0 Å². The third-order valence-corrected chi connectivity index (χ3v) is 12.4. The Morgan fingerprint density at radius 1 is 0.868 bits per heavy atom. The van der Waals surface area contributed by atoms with Crippen molar-refractivity contribution in [3.63, 3.8) is 0 Å². The quantitative estimate of drug-likeness (QED) is 0.289. The highest BCUT2D eigenvalue weighted by molar-refractivity contribution is 7.86. The van der Waals surface area contributed by atoms with Crippen LogP contribution in [0.15, 0.2) is 60.7 Å². The molecule has 0 aromatic heterocycles. The summed E-state index contributed by atoms with van der Waals surface area (Å²) in [5, 5.41) is 1.66. The van der Waals surface area contributed by atoms with Gasteiger partial charge in [-0.15, -0.1) is 0 Å². The van der Waals surface area contributed by atoms with Gasteiger partial charge in [0.05, 0.1) is 25.7 Å². The predicted molar refractivity (Wildman–Crippen MR) is 148 cm³/mol. The summed E-state index contributed by atoms with van der Waals surface area (Å²) in [5.41, 5.74) is 0. The average Bonchev–Trinajstić information content (AvgIpc) is 3.11. The summed E-state index contributed by atoms with van der Waals surface area (Å²) in [5.74, 6) is -1.13. The molecule has 0 aliphatic carbocycles. The highest BCUT2D eigenvalue weighted by Gasteiger charge is 2.53. The lowest BCUT2D eigenvalue weighted by molar-refractivity contribution is -0.156.